The molecule has 1 aliphatic carbocycles. The highest BCUT2D eigenvalue weighted by Gasteiger charge is 2.32. The number of allylic oxidation sites excluding steroid dienone is 1. The molecule has 2 aromatic carbocycles. The summed E-state index contributed by atoms with van der Waals surface area (Å²) in [6.07, 6.45) is 8.55. The smallest absolute Gasteiger partial charge is 0.248 e. The van der Waals surface area contributed by atoms with Gasteiger partial charge in [-0.15, -0.1) is 6.58 Å². The highest BCUT2D eigenvalue weighted by Crippen LogP contribution is 2.40. The number of fused-ring (bicyclic) bond motifs is 2. The molecule has 5 heteroatoms. The summed E-state index contributed by atoms with van der Waals surface area (Å²) in [5, 5.41) is 0.776. The normalized spacial score (nSPS) is 21.0. The third-order valence-corrected chi connectivity index (χ3v) is 6.95. The number of carbonyl (C=O) groups is 1. The maximum atomic E-state index is 11.9. The molecule has 4 rings (SSSR count). The highest BCUT2D eigenvalue weighted by molar-refractivity contribution is 6.30. The maximum Gasteiger partial charge on any atom is 0.248 e. The van der Waals surface area contributed by atoms with E-state index in [1.54, 1.807) is 6.07 Å². The first-order chi connectivity index (χ1) is 15.0. The fraction of sp³-hybridized carbons (Fsp3) is 0.423. The van der Waals surface area contributed by atoms with E-state index in [9.17, 15) is 4.79 Å². The summed E-state index contributed by atoms with van der Waals surface area (Å²) < 4.78 is 6.18. The van der Waals surface area contributed by atoms with Gasteiger partial charge < -0.3 is 15.4 Å². The molecule has 4 nitrogen and oxygen atoms in total. The average Bonchev–Trinajstić information content (AvgIpc) is 2.77. The number of primary amides is 1. The van der Waals surface area contributed by atoms with Gasteiger partial charge in [-0.2, -0.15) is 0 Å². The molecule has 0 aromatic heterocycles. The van der Waals surface area contributed by atoms with Gasteiger partial charge in [0.1, 0.15) is 5.75 Å². The Balaban J connectivity index is 1.74. The monoisotopic (exact) mass is 438 g/mol. The number of hydrogen-bond acceptors (Lipinski definition) is 3. The predicted molar refractivity (Wildman–Crippen MR) is 127 cm³/mol. The van der Waals surface area contributed by atoms with Crippen LogP contribution in [0.5, 0.6) is 5.75 Å². The van der Waals surface area contributed by atoms with Gasteiger partial charge in [0.05, 0.1) is 12.3 Å². The van der Waals surface area contributed by atoms with Crippen molar-refractivity contribution in [3.63, 3.8) is 0 Å². The third-order valence-electron chi connectivity index (χ3n) is 6.71. The van der Waals surface area contributed by atoms with Crippen LogP contribution in [-0.4, -0.2) is 19.1 Å². The summed E-state index contributed by atoms with van der Waals surface area (Å²) in [6, 6.07) is 11.8. The van der Waals surface area contributed by atoms with Gasteiger partial charge in [-0.3, -0.25) is 4.79 Å². The molecule has 2 aliphatic rings. The number of halogens is 1. The summed E-state index contributed by atoms with van der Waals surface area (Å²) in [6.45, 7) is 6.25. The second-order valence-corrected chi connectivity index (χ2v) is 9.20. The third kappa shape index (κ3) is 5.07. The van der Waals surface area contributed by atoms with E-state index in [-0.39, 0.29) is 0 Å². The SMILES string of the molecule is C=CC[C@@H]1CC[C@H]1CN1Cc2ccc(Cl)cc2CCCCOc2ccc(C(N)=O)cc21. The number of aryl methyl sites for hydroxylation is 1. The Morgan fingerprint density at radius 3 is 2.74 bits per heavy atom. The summed E-state index contributed by atoms with van der Waals surface area (Å²) in [5.41, 5.74) is 9.64. The number of anilines is 1. The summed E-state index contributed by atoms with van der Waals surface area (Å²) in [4.78, 5) is 14.3. The van der Waals surface area contributed by atoms with Crippen molar-refractivity contribution in [3.05, 3.63) is 70.8 Å². The van der Waals surface area contributed by atoms with Crippen molar-refractivity contribution in [2.45, 2.75) is 45.1 Å². The van der Waals surface area contributed by atoms with E-state index in [0.29, 0.717) is 24.0 Å². The van der Waals surface area contributed by atoms with E-state index in [4.69, 9.17) is 22.1 Å². The summed E-state index contributed by atoms with van der Waals surface area (Å²) >= 11 is 6.32. The Hall–Kier alpha value is -2.46. The molecule has 1 saturated carbocycles. The van der Waals surface area contributed by atoms with Crippen LogP contribution in [0.25, 0.3) is 0 Å². The number of amides is 1. The number of ether oxygens (including phenoxy) is 1. The van der Waals surface area contributed by atoms with Crippen LogP contribution in [-0.2, 0) is 13.0 Å². The Labute approximate surface area is 190 Å². The van der Waals surface area contributed by atoms with E-state index in [1.807, 2.05) is 24.3 Å². The molecule has 2 aromatic rings. The fourth-order valence-corrected chi connectivity index (χ4v) is 4.96. The Kier molecular flexibility index (Phi) is 6.86. The van der Waals surface area contributed by atoms with Crippen LogP contribution in [0.15, 0.2) is 49.1 Å². The van der Waals surface area contributed by atoms with Crippen molar-refractivity contribution in [1.82, 2.24) is 0 Å². The van der Waals surface area contributed by atoms with Crippen LogP contribution >= 0.6 is 11.6 Å². The molecule has 0 saturated heterocycles. The summed E-state index contributed by atoms with van der Waals surface area (Å²) in [7, 11) is 0. The van der Waals surface area contributed by atoms with E-state index < -0.39 is 5.91 Å². The number of carbonyl (C=O) groups excluding carboxylic acids is 1. The van der Waals surface area contributed by atoms with Gasteiger partial charge in [-0.1, -0.05) is 23.7 Å². The first-order valence-electron chi connectivity index (χ1n) is 11.2. The second kappa shape index (κ2) is 9.78. The predicted octanol–water partition coefficient (Wildman–Crippen LogP) is 5.76. The number of rotatable bonds is 5. The van der Waals surface area contributed by atoms with Gasteiger partial charge in [-0.05, 0) is 91.8 Å². The molecule has 1 fully saturated rings. The van der Waals surface area contributed by atoms with Gasteiger partial charge in [0, 0.05) is 23.7 Å². The lowest BCUT2D eigenvalue weighted by atomic mass is 9.71. The number of nitrogens with two attached hydrogens (primary N) is 1. The molecule has 1 aliphatic heterocycles. The minimum absolute atomic E-state index is 0.419. The Morgan fingerprint density at radius 2 is 2.00 bits per heavy atom. The lowest BCUT2D eigenvalue weighted by Crippen LogP contribution is -2.38. The van der Waals surface area contributed by atoms with Gasteiger partial charge >= 0.3 is 0 Å². The Bertz CT molecular complexity index is 958. The molecule has 164 valence electrons. The first kappa shape index (κ1) is 21.8. The molecule has 0 bridgehead atoms. The van der Waals surface area contributed by atoms with Crippen LogP contribution in [0.3, 0.4) is 0 Å². The molecule has 1 amide bonds. The molecule has 2 N–H and O–H groups in total. The molecule has 0 spiro atoms. The van der Waals surface area contributed by atoms with Gasteiger partial charge in [0.2, 0.25) is 5.91 Å². The van der Waals surface area contributed by atoms with Gasteiger partial charge in [0.25, 0.3) is 0 Å². The second-order valence-electron chi connectivity index (χ2n) is 8.77. The minimum atomic E-state index is -0.419. The average molecular weight is 439 g/mol. The number of benzene rings is 2. The molecule has 0 unspecified atom stereocenters. The number of nitrogens with zero attached hydrogens (tertiary/aromatic N) is 1. The lowest BCUT2D eigenvalue weighted by Gasteiger charge is -2.41. The van der Waals surface area contributed by atoms with Crippen LogP contribution in [0.4, 0.5) is 5.69 Å². The topological polar surface area (TPSA) is 55.6 Å². The molecule has 0 radical (unpaired) electrons. The zero-order chi connectivity index (χ0) is 21.8. The van der Waals surface area contributed by atoms with E-state index in [1.165, 1.54) is 24.0 Å². The van der Waals surface area contributed by atoms with Crippen molar-refractivity contribution in [2.75, 3.05) is 18.1 Å². The summed E-state index contributed by atoms with van der Waals surface area (Å²) in [5.74, 6) is 1.67. The van der Waals surface area contributed by atoms with Crippen LogP contribution in [0, 0.1) is 11.8 Å². The zero-order valence-electron chi connectivity index (χ0n) is 18.0. The molecule has 2 atom stereocenters. The quantitative estimate of drug-likeness (QED) is 0.603. The molecular weight excluding hydrogens is 408 g/mol. The van der Waals surface area contributed by atoms with Crippen LogP contribution in [0.2, 0.25) is 5.02 Å². The van der Waals surface area contributed by atoms with Crippen molar-refractivity contribution >= 4 is 23.2 Å². The first-order valence-corrected chi connectivity index (χ1v) is 11.6. The van der Waals surface area contributed by atoms with Crippen LogP contribution < -0.4 is 15.4 Å². The maximum absolute atomic E-state index is 11.9. The molecule has 31 heavy (non-hydrogen) atoms. The largest absolute Gasteiger partial charge is 0.491 e. The van der Waals surface area contributed by atoms with Crippen molar-refractivity contribution < 1.29 is 9.53 Å². The van der Waals surface area contributed by atoms with Gasteiger partial charge in [0.15, 0.2) is 0 Å². The van der Waals surface area contributed by atoms with Gasteiger partial charge in [-0.25, -0.2) is 0 Å². The molecule has 1 heterocycles. The highest BCUT2D eigenvalue weighted by atomic mass is 35.5. The van der Waals surface area contributed by atoms with Crippen molar-refractivity contribution in [3.8, 4) is 5.75 Å². The minimum Gasteiger partial charge on any atom is -0.491 e. The van der Waals surface area contributed by atoms with Crippen molar-refractivity contribution in [2.24, 2.45) is 17.6 Å². The lowest BCUT2D eigenvalue weighted by molar-refractivity contribution is 0.1000. The molecular formula is C26H31ClN2O2. The standard InChI is InChI=1S/C26H31ClN2O2/c1-2-5-18-7-8-21(18)16-29-17-22-9-11-23(27)14-19(22)6-3-4-13-31-25-12-10-20(26(28)30)15-24(25)29/h2,9-12,14-15,18,21H,1,3-8,13,16-17H2,(H2,28,30)/t18-,21+/m1/s1. The van der Waals surface area contributed by atoms with E-state index >= 15 is 0 Å². The van der Waals surface area contributed by atoms with Crippen molar-refractivity contribution in [1.29, 1.82) is 0 Å². The Morgan fingerprint density at radius 1 is 1.16 bits per heavy atom. The van der Waals surface area contributed by atoms with E-state index in [2.05, 4.69) is 23.6 Å². The zero-order valence-corrected chi connectivity index (χ0v) is 18.7. The van der Waals surface area contributed by atoms with Crippen LogP contribution in [0.1, 0.15) is 53.6 Å². The number of hydrogen-bond donors (Lipinski definition) is 1. The van der Waals surface area contributed by atoms with E-state index in [0.717, 1.165) is 55.2 Å². The fourth-order valence-electron chi connectivity index (χ4n) is 4.76.